The molecule has 0 radical (unpaired) electrons. The maximum absolute atomic E-state index is 13.0. The first kappa shape index (κ1) is 19.6. The summed E-state index contributed by atoms with van der Waals surface area (Å²) in [6.07, 6.45) is -4.55. The Balaban J connectivity index is 1.97. The highest BCUT2D eigenvalue weighted by Gasteiger charge is 2.31. The fraction of sp³-hybridized carbons (Fsp3) is 0.136. The van der Waals surface area contributed by atoms with E-state index in [4.69, 9.17) is 0 Å². The van der Waals surface area contributed by atoms with Crippen molar-refractivity contribution in [3.8, 4) is 28.3 Å². The van der Waals surface area contributed by atoms with Crippen molar-refractivity contribution in [1.82, 2.24) is 9.55 Å². The van der Waals surface area contributed by atoms with Crippen LogP contribution < -0.4 is 5.69 Å². The second-order valence-corrected chi connectivity index (χ2v) is 7.17. The van der Waals surface area contributed by atoms with Gasteiger partial charge in [0, 0.05) is 11.6 Å². The summed E-state index contributed by atoms with van der Waals surface area (Å²) in [6, 6.07) is 11.1. The lowest BCUT2D eigenvalue weighted by molar-refractivity contribution is -0.137. The topological polar surface area (TPSA) is 78.2 Å². The molecule has 1 heterocycles. The number of aryl methyl sites for hydroxylation is 2. The molecule has 0 spiro atoms. The molecule has 3 aromatic carbocycles. The van der Waals surface area contributed by atoms with Gasteiger partial charge in [0.25, 0.3) is 0 Å². The van der Waals surface area contributed by atoms with Crippen LogP contribution in [0.3, 0.4) is 0 Å². The number of aromatic nitrogens is 2. The van der Waals surface area contributed by atoms with Crippen LogP contribution in [0.25, 0.3) is 27.8 Å². The number of hydrogen-bond acceptors (Lipinski definition) is 3. The minimum Gasteiger partial charge on any atom is -0.507 e. The Morgan fingerprint density at radius 3 is 2.33 bits per heavy atom. The molecule has 0 amide bonds. The second kappa shape index (κ2) is 6.69. The molecule has 4 aromatic rings. The Kier molecular flexibility index (Phi) is 4.38. The van der Waals surface area contributed by atoms with E-state index < -0.39 is 17.4 Å². The van der Waals surface area contributed by atoms with Crippen molar-refractivity contribution in [2.24, 2.45) is 0 Å². The molecule has 0 aliphatic rings. The van der Waals surface area contributed by atoms with Crippen molar-refractivity contribution in [3.63, 3.8) is 0 Å². The van der Waals surface area contributed by atoms with Crippen LogP contribution >= 0.6 is 0 Å². The largest absolute Gasteiger partial charge is 0.507 e. The van der Waals surface area contributed by atoms with E-state index in [1.54, 1.807) is 0 Å². The highest BCUT2D eigenvalue weighted by molar-refractivity contribution is 5.82. The summed E-state index contributed by atoms with van der Waals surface area (Å²) in [4.78, 5) is 15.0. The van der Waals surface area contributed by atoms with E-state index >= 15 is 0 Å². The minimum absolute atomic E-state index is 0.0180. The first-order valence-electron chi connectivity index (χ1n) is 9.02. The van der Waals surface area contributed by atoms with Crippen molar-refractivity contribution in [1.29, 1.82) is 0 Å². The molecule has 0 aliphatic carbocycles. The van der Waals surface area contributed by atoms with Crippen LogP contribution in [0, 0.1) is 13.8 Å². The molecule has 1 aromatic heterocycles. The lowest BCUT2D eigenvalue weighted by atomic mass is 9.97. The number of alkyl halides is 3. The van der Waals surface area contributed by atoms with Gasteiger partial charge < -0.3 is 15.2 Å². The number of rotatable bonds is 2. The number of aromatic hydroxyl groups is 2. The average Bonchev–Trinajstić information content (AvgIpc) is 2.98. The third-order valence-corrected chi connectivity index (χ3v) is 5.03. The Bertz CT molecular complexity index is 1350. The lowest BCUT2D eigenvalue weighted by Gasteiger charge is -2.14. The second-order valence-electron chi connectivity index (χ2n) is 7.17. The van der Waals surface area contributed by atoms with Crippen LogP contribution in [-0.2, 0) is 6.18 Å². The van der Waals surface area contributed by atoms with Gasteiger partial charge in [0.05, 0.1) is 22.3 Å². The summed E-state index contributed by atoms with van der Waals surface area (Å²) in [5.41, 5.74) is 1.50. The summed E-state index contributed by atoms with van der Waals surface area (Å²) < 4.78 is 40.1. The fourth-order valence-corrected chi connectivity index (χ4v) is 3.51. The lowest BCUT2D eigenvalue weighted by Crippen LogP contribution is -2.14. The summed E-state index contributed by atoms with van der Waals surface area (Å²) >= 11 is 0. The molecule has 0 fully saturated rings. The van der Waals surface area contributed by atoms with Crippen molar-refractivity contribution in [2.75, 3.05) is 0 Å². The van der Waals surface area contributed by atoms with Crippen LogP contribution in [0.15, 0.2) is 53.3 Å². The molecule has 154 valence electrons. The zero-order chi connectivity index (χ0) is 21.8. The van der Waals surface area contributed by atoms with Gasteiger partial charge in [-0.3, -0.25) is 4.57 Å². The number of nitrogens with one attached hydrogen (secondary N) is 1. The van der Waals surface area contributed by atoms with Crippen molar-refractivity contribution in [2.45, 2.75) is 20.0 Å². The number of phenolic OH excluding ortho intramolecular Hbond substituents is 2. The molecule has 4 rings (SSSR count). The monoisotopic (exact) mass is 414 g/mol. The SMILES string of the molecule is Cc1ccc(C)c(-c2cc(-n3c(=O)[nH]c4cc(C(F)(F)F)ccc43)c(O)cc2O)c1. The molecule has 0 saturated heterocycles. The first-order chi connectivity index (χ1) is 14.1. The number of benzene rings is 3. The number of aromatic amines is 1. The van der Waals surface area contributed by atoms with E-state index in [1.807, 2.05) is 32.0 Å². The van der Waals surface area contributed by atoms with Gasteiger partial charge in [-0.15, -0.1) is 0 Å². The number of imidazole rings is 1. The summed E-state index contributed by atoms with van der Waals surface area (Å²) in [5.74, 6) is -0.568. The van der Waals surface area contributed by atoms with Gasteiger partial charge in [-0.1, -0.05) is 23.8 Å². The van der Waals surface area contributed by atoms with Gasteiger partial charge in [0.2, 0.25) is 0 Å². The maximum atomic E-state index is 13.0. The normalized spacial score (nSPS) is 11.9. The van der Waals surface area contributed by atoms with E-state index in [2.05, 4.69) is 4.98 Å². The summed E-state index contributed by atoms with van der Waals surface area (Å²) in [6.45, 7) is 3.75. The number of H-pyrrole nitrogens is 1. The minimum atomic E-state index is -4.55. The Morgan fingerprint density at radius 1 is 0.900 bits per heavy atom. The van der Waals surface area contributed by atoms with E-state index in [-0.39, 0.29) is 28.2 Å². The number of fused-ring (bicyclic) bond motifs is 1. The molecule has 30 heavy (non-hydrogen) atoms. The third-order valence-electron chi connectivity index (χ3n) is 5.03. The molecule has 0 atom stereocenters. The van der Waals surface area contributed by atoms with Gasteiger partial charge in [0.1, 0.15) is 11.5 Å². The number of halogens is 3. The number of phenols is 2. The zero-order valence-corrected chi connectivity index (χ0v) is 16.0. The van der Waals surface area contributed by atoms with Crippen LogP contribution in [0.2, 0.25) is 0 Å². The molecular weight excluding hydrogens is 397 g/mol. The van der Waals surface area contributed by atoms with E-state index in [0.29, 0.717) is 11.1 Å². The summed E-state index contributed by atoms with van der Waals surface area (Å²) in [5, 5.41) is 20.8. The first-order valence-corrected chi connectivity index (χ1v) is 9.02. The highest BCUT2D eigenvalue weighted by atomic mass is 19.4. The molecular formula is C22H17F3N2O3. The number of hydrogen-bond donors (Lipinski definition) is 3. The predicted molar refractivity (Wildman–Crippen MR) is 107 cm³/mol. The van der Waals surface area contributed by atoms with Crippen LogP contribution in [-0.4, -0.2) is 19.8 Å². The van der Waals surface area contributed by atoms with Crippen molar-refractivity contribution >= 4 is 11.0 Å². The predicted octanol–water partition coefficient (Wildman–Crippen LogP) is 5.03. The molecule has 0 unspecified atom stereocenters. The van der Waals surface area contributed by atoms with E-state index in [1.165, 1.54) is 12.1 Å². The van der Waals surface area contributed by atoms with Crippen LogP contribution in [0.5, 0.6) is 11.5 Å². The van der Waals surface area contributed by atoms with Crippen LogP contribution in [0.1, 0.15) is 16.7 Å². The molecule has 0 saturated carbocycles. The molecule has 8 heteroatoms. The molecule has 0 bridgehead atoms. The average molecular weight is 414 g/mol. The molecule has 0 aliphatic heterocycles. The van der Waals surface area contributed by atoms with Gasteiger partial charge in [0.15, 0.2) is 0 Å². The smallest absolute Gasteiger partial charge is 0.416 e. The quantitative estimate of drug-likeness (QED) is 0.430. The Hall–Kier alpha value is -3.68. The van der Waals surface area contributed by atoms with Crippen LogP contribution in [0.4, 0.5) is 13.2 Å². The van der Waals surface area contributed by atoms with E-state index in [9.17, 15) is 28.2 Å². The molecule has 5 nitrogen and oxygen atoms in total. The number of nitrogens with zero attached hydrogens (tertiary/aromatic N) is 1. The summed E-state index contributed by atoms with van der Waals surface area (Å²) in [7, 11) is 0. The third kappa shape index (κ3) is 3.20. The van der Waals surface area contributed by atoms with Gasteiger partial charge in [-0.2, -0.15) is 13.2 Å². The van der Waals surface area contributed by atoms with Gasteiger partial charge >= 0.3 is 11.9 Å². The maximum Gasteiger partial charge on any atom is 0.416 e. The van der Waals surface area contributed by atoms with Crippen molar-refractivity contribution in [3.05, 3.63) is 75.7 Å². The highest BCUT2D eigenvalue weighted by Crippen LogP contribution is 2.39. The van der Waals surface area contributed by atoms with E-state index in [0.717, 1.165) is 33.9 Å². The van der Waals surface area contributed by atoms with Gasteiger partial charge in [-0.05, 0) is 49.2 Å². The Morgan fingerprint density at radius 2 is 1.63 bits per heavy atom. The van der Waals surface area contributed by atoms with Crippen molar-refractivity contribution < 1.29 is 23.4 Å². The zero-order valence-electron chi connectivity index (χ0n) is 16.0. The fourth-order valence-electron chi connectivity index (χ4n) is 3.51. The Labute approximate surface area is 168 Å². The standard InChI is InChI=1S/C22H17F3N2O3/c1-11-3-4-12(2)14(7-11)15-9-18(20(29)10-19(15)28)27-17-6-5-13(22(23,24)25)8-16(17)26-21(27)30/h3-10,28-29H,1-2H3,(H,26,30). The van der Waals surface area contributed by atoms with Gasteiger partial charge in [-0.25, -0.2) is 4.79 Å². The molecule has 3 N–H and O–H groups in total.